The van der Waals surface area contributed by atoms with Crippen LogP contribution in [0, 0.1) is 19.8 Å². The van der Waals surface area contributed by atoms with E-state index in [1.54, 1.807) is 0 Å². The summed E-state index contributed by atoms with van der Waals surface area (Å²) < 4.78 is 2.32. The number of aliphatic hydroxyl groups is 1. The molecule has 2 atom stereocenters. The summed E-state index contributed by atoms with van der Waals surface area (Å²) >= 11 is 0. The second-order valence-corrected chi connectivity index (χ2v) is 5.52. The van der Waals surface area contributed by atoms with Gasteiger partial charge in [0, 0.05) is 25.1 Å². The van der Waals surface area contributed by atoms with Crippen molar-refractivity contribution in [3.05, 3.63) is 29.6 Å². The second kappa shape index (κ2) is 7.45. The van der Waals surface area contributed by atoms with Gasteiger partial charge in [-0.2, -0.15) is 0 Å². The summed E-state index contributed by atoms with van der Waals surface area (Å²) in [5.74, 6) is 1.32. The van der Waals surface area contributed by atoms with Crippen LogP contribution in [-0.2, 0) is 0 Å². The van der Waals surface area contributed by atoms with Crippen molar-refractivity contribution in [2.45, 2.75) is 26.3 Å². The van der Waals surface area contributed by atoms with E-state index in [9.17, 15) is 5.11 Å². The monoisotopic (exact) mass is 331 g/mol. The molecule has 0 bridgehead atoms. The highest BCUT2D eigenvalue weighted by Crippen LogP contribution is 2.30. The van der Waals surface area contributed by atoms with E-state index in [0.29, 0.717) is 6.04 Å². The zero-order valence-corrected chi connectivity index (χ0v) is 14.0. The maximum atomic E-state index is 9.59. The van der Waals surface area contributed by atoms with Crippen LogP contribution in [0.3, 0.4) is 0 Å². The summed E-state index contributed by atoms with van der Waals surface area (Å²) in [7, 11) is 0. The van der Waals surface area contributed by atoms with Crippen molar-refractivity contribution in [1.82, 2.24) is 14.9 Å². The van der Waals surface area contributed by atoms with Gasteiger partial charge in [0.1, 0.15) is 5.82 Å². The Bertz CT molecular complexity index is 600. The molecule has 2 N–H and O–H groups in total. The molecule has 1 aliphatic heterocycles. The minimum atomic E-state index is 0. The Morgan fingerprint density at radius 3 is 2.81 bits per heavy atom. The van der Waals surface area contributed by atoms with Gasteiger partial charge in [0.05, 0.1) is 11.0 Å². The van der Waals surface area contributed by atoms with Crippen molar-refractivity contribution >= 4 is 35.8 Å². The molecule has 4 nitrogen and oxygen atoms in total. The molecule has 1 aromatic heterocycles. The number of fused-ring (bicyclic) bond motifs is 1. The van der Waals surface area contributed by atoms with Crippen LogP contribution in [0.5, 0.6) is 0 Å². The molecule has 21 heavy (non-hydrogen) atoms. The molecule has 2 heterocycles. The highest BCUT2D eigenvalue weighted by molar-refractivity contribution is 5.85. The quantitative estimate of drug-likeness (QED) is 0.889. The molecular weight excluding hydrogens is 309 g/mol. The minimum absolute atomic E-state index is 0. The fraction of sp³-hybridized carbons (Fsp3) is 0.533. The van der Waals surface area contributed by atoms with E-state index in [1.165, 1.54) is 11.1 Å². The standard InChI is InChI=1S/C15H21N3O.2ClH/c1-10-3-4-15-13(7-10)17-11(2)18(15)14-5-6-16-8-12(14)9-19;;/h3-4,7,12,14,16,19H,5-6,8-9H2,1-2H3;2*1H/t12-,14-;;/m0../s1. The molecule has 1 fully saturated rings. The summed E-state index contributed by atoms with van der Waals surface area (Å²) in [6.07, 6.45) is 1.05. The first-order valence-corrected chi connectivity index (χ1v) is 6.97. The molecule has 1 aliphatic rings. The SMILES string of the molecule is Cc1ccc2c(c1)nc(C)n2[C@H]1CCNC[C@H]1CO.Cl.Cl. The zero-order chi connectivity index (χ0) is 13.4. The predicted molar refractivity (Wildman–Crippen MR) is 90.8 cm³/mol. The molecule has 2 aromatic rings. The molecule has 0 radical (unpaired) electrons. The lowest BCUT2D eigenvalue weighted by Crippen LogP contribution is -2.39. The molecule has 0 unspecified atom stereocenters. The van der Waals surface area contributed by atoms with E-state index in [1.807, 2.05) is 0 Å². The summed E-state index contributed by atoms with van der Waals surface area (Å²) in [4.78, 5) is 4.68. The normalized spacial score (nSPS) is 21.7. The Morgan fingerprint density at radius 2 is 2.10 bits per heavy atom. The lowest BCUT2D eigenvalue weighted by Gasteiger charge is -2.33. The average molecular weight is 332 g/mol. The van der Waals surface area contributed by atoms with E-state index < -0.39 is 0 Å². The second-order valence-electron chi connectivity index (χ2n) is 5.52. The predicted octanol–water partition coefficient (Wildman–Crippen LogP) is 2.64. The number of aromatic nitrogens is 2. The van der Waals surface area contributed by atoms with Crippen molar-refractivity contribution in [2.75, 3.05) is 19.7 Å². The minimum Gasteiger partial charge on any atom is -0.396 e. The van der Waals surface area contributed by atoms with Crippen LogP contribution in [0.25, 0.3) is 11.0 Å². The summed E-state index contributed by atoms with van der Waals surface area (Å²) in [6, 6.07) is 6.77. The molecular formula is C15H23Cl2N3O. The highest BCUT2D eigenvalue weighted by atomic mass is 35.5. The van der Waals surface area contributed by atoms with Crippen molar-refractivity contribution in [1.29, 1.82) is 0 Å². The molecule has 0 aliphatic carbocycles. The van der Waals surface area contributed by atoms with Gasteiger partial charge < -0.3 is 15.0 Å². The number of hydrogen-bond donors (Lipinski definition) is 2. The van der Waals surface area contributed by atoms with Crippen LogP contribution in [-0.4, -0.2) is 34.4 Å². The fourth-order valence-corrected chi connectivity index (χ4v) is 3.18. The molecule has 0 saturated carbocycles. The largest absolute Gasteiger partial charge is 0.396 e. The molecule has 1 aromatic carbocycles. The van der Waals surface area contributed by atoms with Crippen LogP contribution < -0.4 is 5.32 Å². The number of benzene rings is 1. The lowest BCUT2D eigenvalue weighted by atomic mass is 9.93. The number of imidazole rings is 1. The van der Waals surface area contributed by atoms with Crippen LogP contribution in [0.4, 0.5) is 0 Å². The van der Waals surface area contributed by atoms with Crippen LogP contribution in [0.1, 0.15) is 23.9 Å². The third kappa shape index (κ3) is 3.34. The van der Waals surface area contributed by atoms with E-state index >= 15 is 0 Å². The number of nitrogens with one attached hydrogen (secondary N) is 1. The third-order valence-electron chi connectivity index (χ3n) is 4.16. The van der Waals surface area contributed by atoms with Gasteiger partial charge in [-0.1, -0.05) is 6.07 Å². The highest BCUT2D eigenvalue weighted by Gasteiger charge is 2.28. The van der Waals surface area contributed by atoms with Crippen LogP contribution in [0.2, 0.25) is 0 Å². The zero-order valence-electron chi connectivity index (χ0n) is 12.4. The molecule has 0 amide bonds. The maximum Gasteiger partial charge on any atom is 0.106 e. The van der Waals surface area contributed by atoms with Gasteiger partial charge >= 0.3 is 0 Å². The topological polar surface area (TPSA) is 50.1 Å². The number of piperidine rings is 1. The van der Waals surface area contributed by atoms with Gasteiger partial charge in [-0.05, 0) is 44.5 Å². The van der Waals surface area contributed by atoms with E-state index in [0.717, 1.165) is 30.9 Å². The lowest BCUT2D eigenvalue weighted by molar-refractivity contribution is 0.150. The van der Waals surface area contributed by atoms with E-state index in [-0.39, 0.29) is 37.3 Å². The molecule has 3 rings (SSSR count). The number of nitrogens with zero attached hydrogens (tertiary/aromatic N) is 2. The van der Waals surface area contributed by atoms with Gasteiger partial charge in [0.2, 0.25) is 0 Å². The number of hydrogen-bond acceptors (Lipinski definition) is 3. The van der Waals surface area contributed by atoms with Gasteiger partial charge in [-0.25, -0.2) is 4.98 Å². The van der Waals surface area contributed by atoms with Gasteiger partial charge in [-0.15, -0.1) is 24.8 Å². The summed E-state index contributed by atoms with van der Waals surface area (Å²) in [5.41, 5.74) is 3.49. The van der Waals surface area contributed by atoms with Crippen molar-refractivity contribution in [3.8, 4) is 0 Å². The Hall–Kier alpha value is -0.810. The first kappa shape index (κ1) is 18.2. The molecule has 6 heteroatoms. The average Bonchev–Trinajstić information content (AvgIpc) is 2.73. The van der Waals surface area contributed by atoms with E-state index in [4.69, 9.17) is 0 Å². The molecule has 0 spiro atoms. The number of aliphatic hydroxyl groups excluding tert-OH is 1. The third-order valence-corrected chi connectivity index (χ3v) is 4.16. The van der Waals surface area contributed by atoms with Gasteiger partial charge in [0.15, 0.2) is 0 Å². The number of aryl methyl sites for hydroxylation is 2. The molecule has 1 saturated heterocycles. The first-order chi connectivity index (χ1) is 9.20. The fourth-order valence-electron chi connectivity index (χ4n) is 3.18. The summed E-state index contributed by atoms with van der Waals surface area (Å²) in [6.45, 7) is 6.27. The molecule has 118 valence electrons. The van der Waals surface area contributed by atoms with Crippen LogP contribution >= 0.6 is 24.8 Å². The van der Waals surface area contributed by atoms with Gasteiger partial charge in [-0.3, -0.25) is 0 Å². The van der Waals surface area contributed by atoms with Crippen LogP contribution in [0.15, 0.2) is 18.2 Å². The summed E-state index contributed by atoms with van der Waals surface area (Å²) in [5, 5.41) is 13.0. The maximum absolute atomic E-state index is 9.59. The number of halogens is 2. The van der Waals surface area contributed by atoms with Crippen molar-refractivity contribution < 1.29 is 5.11 Å². The first-order valence-electron chi connectivity index (χ1n) is 6.97. The van der Waals surface area contributed by atoms with Crippen molar-refractivity contribution in [3.63, 3.8) is 0 Å². The van der Waals surface area contributed by atoms with Crippen molar-refractivity contribution in [2.24, 2.45) is 5.92 Å². The Morgan fingerprint density at radius 1 is 1.33 bits per heavy atom. The Kier molecular flexibility index (Phi) is 6.47. The number of rotatable bonds is 2. The Labute approximate surface area is 137 Å². The van der Waals surface area contributed by atoms with Gasteiger partial charge in [0.25, 0.3) is 0 Å². The smallest absolute Gasteiger partial charge is 0.106 e. The van der Waals surface area contributed by atoms with E-state index in [2.05, 4.69) is 46.9 Å². The Balaban J connectivity index is 0.00000110.